The summed E-state index contributed by atoms with van der Waals surface area (Å²) in [5.41, 5.74) is 2.59. The summed E-state index contributed by atoms with van der Waals surface area (Å²) in [5.74, 6) is 2.06. The van der Waals surface area contributed by atoms with Gasteiger partial charge in [0.15, 0.2) is 5.82 Å². The van der Waals surface area contributed by atoms with E-state index < -0.39 is 0 Å². The Morgan fingerprint density at radius 3 is 2.94 bits per heavy atom. The second kappa shape index (κ2) is 4.44. The smallest absolute Gasteiger partial charge is 0.155 e. The molecule has 1 N–H and O–H groups in total. The first-order valence-corrected chi connectivity index (χ1v) is 6.53. The number of fused-ring (bicyclic) bond motifs is 1. The van der Waals surface area contributed by atoms with Crippen molar-refractivity contribution in [3.05, 3.63) is 41.5 Å². The van der Waals surface area contributed by atoms with Crippen LogP contribution >= 0.6 is 0 Å². The van der Waals surface area contributed by atoms with Crippen LogP contribution in [0.25, 0.3) is 0 Å². The van der Waals surface area contributed by atoms with Gasteiger partial charge in [-0.25, -0.2) is 0 Å². The molecule has 1 aliphatic rings. The topological polar surface area (TPSA) is 42.7 Å². The molecule has 2 heterocycles. The highest BCUT2D eigenvalue weighted by atomic mass is 15.3. The van der Waals surface area contributed by atoms with Gasteiger partial charge in [0.05, 0.1) is 6.04 Å². The second-order valence-electron chi connectivity index (χ2n) is 4.82. The lowest BCUT2D eigenvalue weighted by Crippen LogP contribution is -2.14. The van der Waals surface area contributed by atoms with E-state index in [1.165, 1.54) is 11.3 Å². The number of aromatic nitrogens is 3. The van der Waals surface area contributed by atoms with Gasteiger partial charge in [-0.3, -0.25) is 0 Å². The van der Waals surface area contributed by atoms with Crippen LogP contribution in [-0.4, -0.2) is 14.8 Å². The van der Waals surface area contributed by atoms with E-state index in [1.54, 1.807) is 0 Å². The highest BCUT2D eigenvalue weighted by Gasteiger charge is 2.26. The number of aryl methyl sites for hydroxylation is 1. The number of nitrogens with zero attached hydrogens (tertiary/aromatic N) is 3. The summed E-state index contributed by atoms with van der Waals surface area (Å²) >= 11 is 0. The molecule has 4 heteroatoms. The van der Waals surface area contributed by atoms with Crippen LogP contribution in [0.3, 0.4) is 0 Å². The van der Waals surface area contributed by atoms with Crippen LogP contribution in [-0.2, 0) is 13.0 Å². The molecule has 0 aliphatic carbocycles. The molecule has 1 aromatic heterocycles. The Balaban J connectivity index is 1.90. The summed E-state index contributed by atoms with van der Waals surface area (Å²) in [4.78, 5) is 0. The molecule has 1 aromatic carbocycles. The average molecular weight is 242 g/mol. The van der Waals surface area contributed by atoms with Crippen LogP contribution in [0.5, 0.6) is 0 Å². The van der Waals surface area contributed by atoms with Crippen molar-refractivity contribution in [1.29, 1.82) is 0 Å². The third kappa shape index (κ3) is 1.78. The summed E-state index contributed by atoms with van der Waals surface area (Å²) < 4.78 is 2.23. The Bertz CT molecular complexity index is 534. The summed E-state index contributed by atoms with van der Waals surface area (Å²) in [6, 6.07) is 8.72. The number of anilines is 1. The van der Waals surface area contributed by atoms with E-state index in [-0.39, 0.29) is 6.04 Å². The van der Waals surface area contributed by atoms with Crippen LogP contribution in [0.4, 0.5) is 5.69 Å². The number of benzene rings is 1. The van der Waals surface area contributed by atoms with Gasteiger partial charge >= 0.3 is 0 Å². The van der Waals surface area contributed by atoms with E-state index in [4.69, 9.17) is 0 Å². The Morgan fingerprint density at radius 2 is 2.17 bits per heavy atom. The molecular weight excluding hydrogens is 224 g/mol. The first-order valence-electron chi connectivity index (χ1n) is 6.53. The molecule has 0 spiro atoms. The molecule has 0 fully saturated rings. The zero-order chi connectivity index (χ0) is 12.5. The fourth-order valence-corrected chi connectivity index (χ4v) is 2.61. The van der Waals surface area contributed by atoms with Gasteiger partial charge in [0.25, 0.3) is 0 Å². The fourth-order valence-electron chi connectivity index (χ4n) is 2.61. The fraction of sp³-hybridized carbons (Fsp3) is 0.429. The van der Waals surface area contributed by atoms with Crippen LogP contribution in [0.2, 0.25) is 0 Å². The van der Waals surface area contributed by atoms with Crippen molar-refractivity contribution in [3.8, 4) is 0 Å². The second-order valence-corrected chi connectivity index (χ2v) is 4.82. The molecule has 2 aromatic rings. The van der Waals surface area contributed by atoms with E-state index >= 15 is 0 Å². The molecule has 0 bridgehead atoms. The third-order valence-electron chi connectivity index (χ3n) is 3.49. The van der Waals surface area contributed by atoms with Crippen molar-refractivity contribution in [2.24, 2.45) is 0 Å². The number of hydrogen-bond acceptors (Lipinski definition) is 3. The van der Waals surface area contributed by atoms with Gasteiger partial charge < -0.3 is 9.88 Å². The summed E-state index contributed by atoms with van der Waals surface area (Å²) in [5, 5.41) is 12.1. The minimum atomic E-state index is 0.259. The molecular formula is C14H18N4. The van der Waals surface area contributed by atoms with Gasteiger partial charge in [-0.2, -0.15) is 0 Å². The van der Waals surface area contributed by atoms with E-state index in [0.29, 0.717) is 0 Å². The highest BCUT2D eigenvalue weighted by molar-refractivity contribution is 5.57. The van der Waals surface area contributed by atoms with Crippen molar-refractivity contribution >= 4 is 5.69 Å². The van der Waals surface area contributed by atoms with E-state index in [1.807, 2.05) is 6.92 Å². The molecule has 94 valence electrons. The molecule has 4 nitrogen and oxygen atoms in total. The lowest BCUT2D eigenvalue weighted by atomic mass is 10.1. The lowest BCUT2D eigenvalue weighted by molar-refractivity contribution is 0.593. The Kier molecular flexibility index (Phi) is 2.78. The van der Waals surface area contributed by atoms with Gasteiger partial charge in [-0.1, -0.05) is 25.1 Å². The maximum absolute atomic E-state index is 4.35. The molecule has 1 atom stereocenters. The van der Waals surface area contributed by atoms with E-state index in [0.717, 1.165) is 31.0 Å². The molecule has 18 heavy (non-hydrogen) atoms. The van der Waals surface area contributed by atoms with E-state index in [2.05, 4.69) is 51.3 Å². The quantitative estimate of drug-likeness (QED) is 0.900. The standard InChI is InChI=1S/C14H18N4/c1-3-8-18-10(2)16-17-14(18)13-9-11-6-4-5-7-12(11)15-13/h4-7,13,15H,3,8-9H2,1-2H3. The molecule has 1 aliphatic heterocycles. The Morgan fingerprint density at radius 1 is 1.33 bits per heavy atom. The van der Waals surface area contributed by atoms with Gasteiger partial charge in [-0.05, 0) is 25.0 Å². The zero-order valence-corrected chi connectivity index (χ0v) is 10.8. The van der Waals surface area contributed by atoms with Crippen molar-refractivity contribution < 1.29 is 0 Å². The first-order chi connectivity index (χ1) is 8.79. The molecule has 0 saturated heterocycles. The highest BCUT2D eigenvalue weighted by Crippen LogP contribution is 2.33. The first kappa shape index (κ1) is 11.3. The SMILES string of the molecule is CCCn1c(C)nnc1C1Cc2ccccc2N1. The average Bonchev–Trinajstić information content (AvgIpc) is 2.94. The lowest BCUT2D eigenvalue weighted by Gasteiger charge is -2.13. The maximum Gasteiger partial charge on any atom is 0.155 e. The number of para-hydroxylation sites is 1. The monoisotopic (exact) mass is 242 g/mol. The van der Waals surface area contributed by atoms with Gasteiger partial charge in [-0.15, -0.1) is 10.2 Å². The molecule has 0 radical (unpaired) electrons. The maximum atomic E-state index is 4.35. The van der Waals surface area contributed by atoms with Gasteiger partial charge in [0, 0.05) is 18.7 Å². The summed E-state index contributed by atoms with van der Waals surface area (Å²) in [6.45, 7) is 5.19. The third-order valence-corrected chi connectivity index (χ3v) is 3.49. The summed E-state index contributed by atoms with van der Waals surface area (Å²) in [6.07, 6.45) is 2.10. The molecule has 0 saturated carbocycles. The van der Waals surface area contributed by atoms with Gasteiger partial charge in [0.1, 0.15) is 5.82 Å². The van der Waals surface area contributed by atoms with Crippen molar-refractivity contribution in [2.75, 3.05) is 5.32 Å². The van der Waals surface area contributed by atoms with Crippen molar-refractivity contribution in [3.63, 3.8) is 0 Å². The van der Waals surface area contributed by atoms with Crippen molar-refractivity contribution in [2.45, 2.75) is 39.3 Å². The zero-order valence-electron chi connectivity index (χ0n) is 10.8. The van der Waals surface area contributed by atoms with Crippen LogP contribution in [0.15, 0.2) is 24.3 Å². The van der Waals surface area contributed by atoms with E-state index in [9.17, 15) is 0 Å². The normalized spacial score (nSPS) is 17.6. The number of hydrogen-bond donors (Lipinski definition) is 1. The van der Waals surface area contributed by atoms with Gasteiger partial charge in [0.2, 0.25) is 0 Å². The Labute approximate surface area is 107 Å². The number of rotatable bonds is 3. The largest absolute Gasteiger partial charge is 0.375 e. The predicted octanol–water partition coefficient (Wildman–Crippen LogP) is 2.71. The van der Waals surface area contributed by atoms with Crippen LogP contribution in [0.1, 0.15) is 36.6 Å². The van der Waals surface area contributed by atoms with Crippen LogP contribution in [0, 0.1) is 6.92 Å². The number of nitrogens with one attached hydrogen (secondary N) is 1. The predicted molar refractivity (Wildman–Crippen MR) is 71.6 cm³/mol. The molecule has 1 unspecified atom stereocenters. The van der Waals surface area contributed by atoms with Crippen LogP contribution < -0.4 is 5.32 Å². The molecule has 0 amide bonds. The minimum absolute atomic E-state index is 0.259. The Hall–Kier alpha value is -1.84. The molecule has 3 rings (SSSR count). The van der Waals surface area contributed by atoms with Crippen molar-refractivity contribution in [1.82, 2.24) is 14.8 Å². The minimum Gasteiger partial charge on any atom is -0.375 e. The summed E-state index contributed by atoms with van der Waals surface area (Å²) in [7, 11) is 0.